The normalized spacial score (nSPS) is 18.6. The summed E-state index contributed by atoms with van der Waals surface area (Å²) in [5, 5.41) is 4.62. The van der Waals surface area contributed by atoms with Crippen molar-refractivity contribution in [2.75, 3.05) is 6.54 Å². The number of aryl methyl sites for hydroxylation is 1. The minimum atomic E-state index is -3.59. The van der Waals surface area contributed by atoms with Gasteiger partial charge in [-0.3, -0.25) is 4.79 Å². The van der Waals surface area contributed by atoms with Gasteiger partial charge >= 0.3 is 0 Å². The van der Waals surface area contributed by atoms with Gasteiger partial charge in [0, 0.05) is 13.1 Å². The number of hydrogen-bond acceptors (Lipinski definition) is 4. The van der Waals surface area contributed by atoms with Gasteiger partial charge in [0.05, 0.1) is 0 Å². The van der Waals surface area contributed by atoms with Crippen LogP contribution in [0.2, 0.25) is 0 Å². The molecule has 1 aromatic heterocycles. The highest BCUT2D eigenvalue weighted by molar-refractivity contribution is 7.91. The van der Waals surface area contributed by atoms with E-state index in [0.717, 1.165) is 11.1 Å². The van der Waals surface area contributed by atoms with E-state index in [4.69, 9.17) is 0 Å². The fourth-order valence-corrected chi connectivity index (χ4v) is 5.70. The Morgan fingerprint density at radius 3 is 2.79 bits per heavy atom. The van der Waals surface area contributed by atoms with Crippen LogP contribution in [-0.4, -0.2) is 31.2 Å². The van der Waals surface area contributed by atoms with Gasteiger partial charge in [0.2, 0.25) is 5.91 Å². The highest BCUT2D eigenvalue weighted by Crippen LogP contribution is 2.28. The van der Waals surface area contributed by atoms with E-state index in [1.807, 2.05) is 31.2 Å². The van der Waals surface area contributed by atoms with E-state index in [2.05, 4.69) is 5.32 Å². The SMILES string of the molecule is Cc1ccccc1CNC(=O)C1CCCN1S(=O)(=O)c1cccs1. The lowest BCUT2D eigenvalue weighted by molar-refractivity contribution is -0.124. The van der Waals surface area contributed by atoms with E-state index >= 15 is 0 Å². The number of thiophene rings is 1. The average molecular weight is 364 g/mol. The number of sulfonamides is 1. The molecule has 1 aromatic carbocycles. The van der Waals surface area contributed by atoms with E-state index in [1.165, 1.54) is 15.6 Å². The molecule has 128 valence electrons. The van der Waals surface area contributed by atoms with Crippen molar-refractivity contribution in [3.05, 3.63) is 52.9 Å². The Morgan fingerprint density at radius 2 is 2.08 bits per heavy atom. The van der Waals surface area contributed by atoms with Crippen molar-refractivity contribution >= 4 is 27.3 Å². The van der Waals surface area contributed by atoms with Gasteiger partial charge in [-0.15, -0.1) is 11.3 Å². The molecule has 1 unspecified atom stereocenters. The molecule has 0 bridgehead atoms. The molecule has 1 fully saturated rings. The molecule has 5 nitrogen and oxygen atoms in total. The standard InChI is InChI=1S/C17H20N2O3S2/c1-13-6-2-3-7-14(13)12-18-17(20)15-8-4-10-19(15)24(21,22)16-9-5-11-23-16/h2-3,5-7,9,11,15H,4,8,10,12H2,1H3,(H,18,20). The van der Waals surface area contributed by atoms with Crippen molar-refractivity contribution in [1.29, 1.82) is 0 Å². The molecular formula is C17H20N2O3S2. The Kier molecular flexibility index (Phi) is 5.03. The van der Waals surface area contributed by atoms with Crippen LogP contribution in [0.15, 0.2) is 46.0 Å². The highest BCUT2D eigenvalue weighted by atomic mass is 32.2. The van der Waals surface area contributed by atoms with Crippen LogP contribution in [0.25, 0.3) is 0 Å². The van der Waals surface area contributed by atoms with Gasteiger partial charge in [-0.25, -0.2) is 8.42 Å². The molecule has 1 aliphatic rings. The molecule has 0 aliphatic carbocycles. The van der Waals surface area contributed by atoms with Crippen LogP contribution in [0.4, 0.5) is 0 Å². The van der Waals surface area contributed by atoms with Crippen molar-refractivity contribution in [3.8, 4) is 0 Å². The molecule has 2 aromatic rings. The quantitative estimate of drug-likeness (QED) is 0.886. The lowest BCUT2D eigenvalue weighted by Gasteiger charge is -2.22. The van der Waals surface area contributed by atoms with Crippen molar-refractivity contribution in [2.24, 2.45) is 0 Å². The van der Waals surface area contributed by atoms with Gasteiger partial charge in [-0.1, -0.05) is 30.3 Å². The summed E-state index contributed by atoms with van der Waals surface area (Å²) in [5.41, 5.74) is 2.14. The Balaban J connectivity index is 1.71. The van der Waals surface area contributed by atoms with E-state index in [9.17, 15) is 13.2 Å². The fourth-order valence-electron chi connectivity index (χ4n) is 2.92. The second-order valence-electron chi connectivity index (χ2n) is 5.85. The van der Waals surface area contributed by atoms with Crippen molar-refractivity contribution in [2.45, 2.75) is 36.6 Å². The van der Waals surface area contributed by atoms with Crippen molar-refractivity contribution in [3.63, 3.8) is 0 Å². The molecule has 1 saturated heterocycles. The zero-order chi connectivity index (χ0) is 17.2. The third kappa shape index (κ3) is 3.38. The summed E-state index contributed by atoms with van der Waals surface area (Å²) in [5.74, 6) is -0.226. The monoisotopic (exact) mass is 364 g/mol. The maximum absolute atomic E-state index is 12.7. The lowest BCUT2D eigenvalue weighted by Crippen LogP contribution is -2.45. The van der Waals surface area contributed by atoms with E-state index in [0.29, 0.717) is 30.1 Å². The third-order valence-electron chi connectivity index (χ3n) is 4.28. The van der Waals surface area contributed by atoms with Crippen molar-refractivity contribution < 1.29 is 13.2 Å². The number of hydrogen-bond donors (Lipinski definition) is 1. The number of rotatable bonds is 5. The van der Waals surface area contributed by atoms with Gasteiger partial charge in [0.25, 0.3) is 10.0 Å². The molecule has 7 heteroatoms. The Morgan fingerprint density at radius 1 is 1.29 bits per heavy atom. The molecule has 2 heterocycles. The number of benzene rings is 1. The molecule has 1 atom stereocenters. The maximum Gasteiger partial charge on any atom is 0.253 e. The molecule has 0 spiro atoms. The Labute approximate surface area is 146 Å². The van der Waals surface area contributed by atoms with Gasteiger partial charge in [-0.2, -0.15) is 4.31 Å². The highest BCUT2D eigenvalue weighted by Gasteiger charge is 2.39. The number of carbonyl (C=O) groups excluding carboxylic acids is 1. The zero-order valence-corrected chi connectivity index (χ0v) is 15.1. The van der Waals surface area contributed by atoms with Crippen LogP contribution in [0.1, 0.15) is 24.0 Å². The first-order chi connectivity index (χ1) is 11.5. The Bertz CT molecular complexity index is 816. The second-order valence-corrected chi connectivity index (χ2v) is 8.92. The predicted octanol–water partition coefficient (Wildman–Crippen LogP) is 2.53. The predicted molar refractivity (Wildman–Crippen MR) is 94.3 cm³/mol. The summed E-state index contributed by atoms with van der Waals surface area (Å²) in [6.07, 6.45) is 1.26. The van der Waals surface area contributed by atoms with Crippen LogP contribution in [0.3, 0.4) is 0 Å². The fraction of sp³-hybridized carbons (Fsp3) is 0.353. The van der Waals surface area contributed by atoms with Crippen molar-refractivity contribution in [1.82, 2.24) is 9.62 Å². The minimum Gasteiger partial charge on any atom is -0.351 e. The topological polar surface area (TPSA) is 66.5 Å². The minimum absolute atomic E-state index is 0.226. The first-order valence-corrected chi connectivity index (χ1v) is 10.2. The first-order valence-electron chi connectivity index (χ1n) is 7.88. The summed E-state index contributed by atoms with van der Waals surface area (Å²) in [6, 6.07) is 10.5. The van der Waals surface area contributed by atoms with E-state index < -0.39 is 16.1 Å². The maximum atomic E-state index is 12.7. The average Bonchev–Trinajstić information content (AvgIpc) is 3.25. The van der Waals surface area contributed by atoms with E-state index in [1.54, 1.807) is 17.5 Å². The van der Waals surface area contributed by atoms with E-state index in [-0.39, 0.29) is 5.91 Å². The summed E-state index contributed by atoms with van der Waals surface area (Å²) in [6.45, 7) is 2.79. The molecule has 0 radical (unpaired) electrons. The number of carbonyl (C=O) groups is 1. The Hall–Kier alpha value is -1.70. The van der Waals surface area contributed by atoms with Gasteiger partial charge in [0.15, 0.2) is 0 Å². The van der Waals surface area contributed by atoms with Crippen LogP contribution < -0.4 is 5.32 Å². The summed E-state index contributed by atoms with van der Waals surface area (Å²) >= 11 is 1.18. The van der Waals surface area contributed by atoms with Gasteiger partial charge < -0.3 is 5.32 Å². The molecule has 3 rings (SSSR count). The molecular weight excluding hydrogens is 344 g/mol. The summed E-state index contributed by atoms with van der Waals surface area (Å²) in [4.78, 5) is 12.5. The lowest BCUT2D eigenvalue weighted by atomic mass is 10.1. The molecule has 1 amide bonds. The van der Waals surface area contributed by atoms with Crippen LogP contribution in [0.5, 0.6) is 0 Å². The zero-order valence-electron chi connectivity index (χ0n) is 13.4. The first kappa shape index (κ1) is 17.1. The van der Waals surface area contributed by atoms with Crippen LogP contribution in [-0.2, 0) is 21.4 Å². The molecule has 1 aliphatic heterocycles. The molecule has 1 N–H and O–H groups in total. The van der Waals surface area contributed by atoms with Gasteiger partial charge in [0.1, 0.15) is 10.3 Å². The van der Waals surface area contributed by atoms with Crippen LogP contribution >= 0.6 is 11.3 Å². The molecule has 24 heavy (non-hydrogen) atoms. The summed E-state index contributed by atoms with van der Waals surface area (Å²) < 4.78 is 27.0. The largest absolute Gasteiger partial charge is 0.351 e. The van der Waals surface area contributed by atoms with Crippen LogP contribution in [0, 0.1) is 6.92 Å². The number of amides is 1. The summed E-state index contributed by atoms with van der Waals surface area (Å²) in [7, 11) is -3.59. The smallest absolute Gasteiger partial charge is 0.253 e. The number of nitrogens with one attached hydrogen (secondary N) is 1. The third-order valence-corrected chi connectivity index (χ3v) is 7.56. The second kappa shape index (κ2) is 7.04. The number of nitrogens with zero attached hydrogens (tertiary/aromatic N) is 1. The van der Waals surface area contributed by atoms with Gasteiger partial charge in [-0.05, 0) is 42.3 Å². The molecule has 0 saturated carbocycles.